The maximum atomic E-state index is 12.8. The summed E-state index contributed by atoms with van der Waals surface area (Å²) in [6.45, 7) is 2.89. The SMILES string of the molecule is COc1ccc(OC)c(S(=O)(=O)NCc2cccn2Cc2ccc(C)cc2)c1. The summed E-state index contributed by atoms with van der Waals surface area (Å²) >= 11 is 0. The Morgan fingerprint density at radius 3 is 2.43 bits per heavy atom. The van der Waals surface area contributed by atoms with Gasteiger partial charge in [0.15, 0.2) is 0 Å². The summed E-state index contributed by atoms with van der Waals surface area (Å²) in [5.74, 6) is 0.715. The molecule has 0 unspecified atom stereocenters. The molecule has 3 rings (SSSR count). The second kappa shape index (κ2) is 8.50. The van der Waals surface area contributed by atoms with Gasteiger partial charge in [0.05, 0.1) is 20.8 Å². The van der Waals surface area contributed by atoms with Gasteiger partial charge in [0.2, 0.25) is 10.0 Å². The van der Waals surface area contributed by atoms with Crippen molar-refractivity contribution < 1.29 is 17.9 Å². The molecule has 7 heteroatoms. The number of aromatic nitrogens is 1. The molecule has 0 amide bonds. The zero-order chi connectivity index (χ0) is 20.1. The number of nitrogens with zero attached hydrogens (tertiary/aromatic N) is 1. The number of aryl methyl sites for hydroxylation is 1. The lowest BCUT2D eigenvalue weighted by atomic mass is 10.1. The molecule has 6 nitrogen and oxygen atoms in total. The molecule has 1 N–H and O–H groups in total. The van der Waals surface area contributed by atoms with Crippen LogP contribution in [0.1, 0.15) is 16.8 Å². The average molecular weight is 401 g/mol. The molecule has 0 radical (unpaired) electrons. The Hall–Kier alpha value is -2.77. The van der Waals surface area contributed by atoms with Gasteiger partial charge in [0.25, 0.3) is 0 Å². The van der Waals surface area contributed by atoms with E-state index in [0.717, 1.165) is 11.3 Å². The van der Waals surface area contributed by atoms with Crippen molar-refractivity contribution in [2.24, 2.45) is 0 Å². The predicted octanol–water partition coefficient (Wildman–Crippen LogP) is 3.34. The second-order valence-corrected chi connectivity index (χ2v) is 8.19. The second-order valence-electron chi connectivity index (χ2n) is 6.45. The standard InChI is InChI=1S/C21H24N2O4S/c1-16-6-8-17(9-7-16)15-23-12-4-5-18(23)14-22-28(24,25)21-13-19(26-2)10-11-20(21)27-3/h4-13,22H,14-15H2,1-3H3. The third-order valence-electron chi connectivity index (χ3n) is 4.50. The van der Waals surface area contributed by atoms with Crippen LogP contribution in [0.4, 0.5) is 0 Å². The highest BCUT2D eigenvalue weighted by molar-refractivity contribution is 7.89. The molecule has 0 aliphatic carbocycles. The van der Waals surface area contributed by atoms with Gasteiger partial charge in [-0.25, -0.2) is 13.1 Å². The van der Waals surface area contributed by atoms with E-state index in [2.05, 4.69) is 29.0 Å². The van der Waals surface area contributed by atoms with E-state index < -0.39 is 10.0 Å². The summed E-state index contributed by atoms with van der Waals surface area (Å²) in [5.41, 5.74) is 3.22. The highest BCUT2D eigenvalue weighted by Gasteiger charge is 2.21. The van der Waals surface area contributed by atoms with Crippen LogP contribution in [-0.4, -0.2) is 27.2 Å². The Bertz CT molecular complexity index is 1040. The fraction of sp³-hybridized carbons (Fsp3) is 0.238. The zero-order valence-electron chi connectivity index (χ0n) is 16.2. The minimum absolute atomic E-state index is 0.0472. The van der Waals surface area contributed by atoms with Crippen molar-refractivity contribution >= 4 is 10.0 Å². The first-order valence-electron chi connectivity index (χ1n) is 8.84. The summed E-state index contributed by atoms with van der Waals surface area (Å²) < 4.78 is 40.7. The van der Waals surface area contributed by atoms with Crippen molar-refractivity contribution in [1.82, 2.24) is 9.29 Å². The number of nitrogens with one attached hydrogen (secondary N) is 1. The molecule has 1 aromatic heterocycles. The van der Waals surface area contributed by atoms with E-state index in [0.29, 0.717) is 12.3 Å². The van der Waals surface area contributed by atoms with Crippen LogP contribution in [0, 0.1) is 6.92 Å². The zero-order valence-corrected chi connectivity index (χ0v) is 17.0. The quantitative estimate of drug-likeness (QED) is 0.630. The van der Waals surface area contributed by atoms with Crippen molar-refractivity contribution in [3.05, 3.63) is 77.6 Å². The van der Waals surface area contributed by atoms with Crippen molar-refractivity contribution in [3.8, 4) is 11.5 Å². The van der Waals surface area contributed by atoms with Gasteiger partial charge in [0.1, 0.15) is 16.4 Å². The van der Waals surface area contributed by atoms with Crippen LogP contribution in [0.3, 0.4) is 0 Å². The van der Waals surface area contributed by atoms with Gasteiger partial charge in [-0.3, -0.25) is 0 Å². The summed E-state index contributed by atoms with van der Waals surface area (Å²) in [4.78, 5) is 0.0472. The van der Waals surface area contributed by atoms with E-state index in [4.69, 9.17) is 9.47 Å². The molecule has 0 aliphatic heterocycles. The molecular weight excluding hydrogens is 376 g/mol. The lowest BCUT2D eigenvalue weighted by Crippen LogP contribution is -2.25. The molecule has 0 saturated heterocycles. The maximum Gasteiger partial charge on any atom is 0.244 e. The van der Waals surface area contributed by atoms with Crippen LogP contribution in [0.2, 0.25) is 0 Å². The van der Waals surface area contributed by atoms with Crippen LogP contribution in [0.25, 0.3) is 0 Å². The van der Waals surface area contributed by atoms with Crippen LogP contribution in [0.5, 0.6) is 11.5 Å². The van der Waals surface area contributed by atoms with Gasteiger partial charge in [-0.2, -0.15) is 0 Å². The summed E-state index contributed by atoms with van der Waals surface area (Å²) in [5, 5.41) is 0. The lowest BCUT2D eigenvalue weighted by molar-refractivity contribution is 0.392. The Kier molecular flexibility index (Phi) is 6.06. The number of hydrogen-bond donors (Lipinski definition) is 1. The average Bonchev–Trinajstić information content (AvgIpc) is 3.14. The van der Waals surface area contributed by atoms with Crippen molar-refractivity contribution in [1.29, 1.82) is 0 Å². The highest BCUT2D eigenvalue weighted by Crippen LogP contribution is 2.28. The van der Waals surface area contributed by atoms with Crippen molar-refractivity contribution in [2.45, 2.75) is 24.9 Å². The van der Waals surface area contributed by atoms with E-state index in [1.165, 1.54) is 25.8 Å². The molecule has 0 saturated carbocycles. The fourth-order valence-electron chi connectivity index (χ4n) is 2.90. The monoisotopic (exact) mass is 400 g/mol. The first kappa shape index (κ1) is 20.0. The summed E-state index contributed by atoms with van der Waals surface area (Å²) in [6.07, 6.45) is 1.94. The van der Waals surface area contributed by atoms with E-state index in [1.54, 1.807) is 12.1 Å². The number of rotatable bonds is 8. The number of sulfonamides is 1. The summed E-state index contributed by atoms with van der Waals surface area (Å²) in [6, 6.07) is 16.8. The molecule has 1 heterocycles. The van der Waals surface area contributed by atoms with E-state index in [1.807, 2.05) is 29.8 Å². The van der Waals surface area contributed by atoms with E-state index in [-0.39, 0.29) is 17.2 Å². The van der Waals surface area contributed by atoms with Gasteiger partial charge < -0.3 is 14.0 Å². The van der Waals surface area contributed by atoms with Gasteiger partial charge in [0, 0.05) is 24.5 Å². The first-order chi connectivity index (χ1) is 13.4. The van der Waals surface area contributed by atoms with E-state index in [9.17, 15) is 8.42 Å². The largest absolute Gasteiger partial charge is 0.497 e. The first-order valence-corrected chi connectivity index (χ1v) is 10.3. The maximum absolute atomic E-state index is 12.8. The van der Waals surface area contributed by atoms with Gasteiger partial charge >= 0.3 is 0 Å². The number of benzene rings is 2. The number of ether oxygens (including phenoxy) is 2. The fourth-order valence-corrected chi connectivity index (χ4v) is 4.08. The summed E-state index contributed by atoms with van der Waals surface area (Å²) in [7, 11) is -0.848. The molecule has 0 aliphatic rings. The molecule has 148 valence electrons. The minimum atomic E-state index is -3.78. The topological polar surface area (TPSA) is 69.6 Å². The smallest absolute Gasteiger partial charge is 0.244 e. The third-order valence-corrected chi connectivity index (χ3v) is 5.92. The Morgan fingerprint density at radius 2 is 1.75 bits per heavy atom. The molecule has 0 fully saturated rings. The molecule has 0 bridgehead atoms. The van der Waals surface area contributed by atoms with Gasteiger partial charge in [-0.1, -0.05) is 29.8 Å². The van der Waals surface area contributed by atoms with Gasteiger partial charge in [-0.15, -0.1) is 0 Å². The normalized spacial score (nSPS) is 11.4. The van der Waals surface area contributed by atoms with Crippen LogP contribution in [-0.2, 0) is 23.1 Å². The van der Waals surface area contributed by atoms with Crippen molar-refractivity contribution in [2.75, 3.05) is 14.2 Å². The Balaban J connectivity index is 1.77. The molecular formula is C21H24N2O4S. The minimum Gasteiger partial charge on any atom is -0.497 e. The third kappa shape index (κ3) is 4.55. The Labute approximate surface area is 165 Å². The van der Waals surface area contributed by atoms with Gasteiger partial charge in [-0.05, 0) is 36.8 Å². The number of hydrogen-bond acceptors (Lipinski definition) is 4. The molecule has 3 aromatic rings. The molecule has 2 aromatic carbocycles. The van der Waals surface area contributed by atoms with Crippen LogP contribution in [0.15, 0.2) is 65.7 Å². The number of methoxy groups -OCH3 is 2. The lowest BCUT2D eigenvalue weighted by Gasteiger charge is -2.14. The highest BCUT2D eigenvalue weighted by atomic mass is 32.2. The predicted molar refractivity (Wildman–Crippen MR) is 108 cm³/mol. The van der Waals surface area contributed by atoms with Crippen LogP contribution >= 0.6 is 0 Å². The van der Waals surface area contributed by atoms with Crippen molar-refractivity contribution in [3.63, 3.8) is 0 Å². The Morgan fingerprint density at radius 1 is 1.00 bits per heavy atom. The van der Waals surface area contributed by atoms with E-state index >= 15 is 0 Å². The molecule has 28 heavy (non-hydrogen) atoms. The van der Waals surface area contributed by atoms with Crippen LogP contribution < -0.4 is 14.2 Å². The molecule has 0 atom stereocenters. The molecule has 0 spiro atoms.